The number of aromatic nitrogens is 4. The number of fused-ring (bicyclic) bond motifs is 1. The Kier molecular flexibility index (Phi) is 4.50. The molecule has 0 aliphatic heterocycles. The van der Waals surface area contributed by atoms with E-state index in [0.717, 1.165) is 4.57 Å². The number of benzene rings is 1. The first-order chi connectivity index (χ1) is 12.8. The van der Waals surface area contributed by atoms with Crippen molar-refractivity contribution < 1.29 is 15.0 Å². The highest BCUT2D eigenvalue weighted by atomic mass is 16.3. The molecule has 3 aromatic rings. The molecule has 0 fully saturated rings. The zero-order valence-electron chi connectivity index (χ0n) is 14.4. The molecule has 1 amide bonds. The van der Waals surface area contributed by atoms with Crippen LogP contribution < -0.4 is 16.7 Å². The van der Waals surface area contributed by atoms with Gasteiger partial charge in [-0.2, -0.15) is 5.10 Å². The molecule has 1 aromatic carbocycles. The predicted molar refractivity (Wildman–Crippen MR) is 95.7 cm³/mol. The van der Waals surface area contributed by atoms with Crippen LogP contribution in [-0.4, -0.2) is 41.0 Å². The zero-order chi connectivity index (χ0) is 19.7. The van der Waals surface area contributed by atoms with E-state index >= 15 is 0 Å². The van der Waals surface area contributed by atoms with E-state index in [1.165, 1.54) is 54.0 Å². The lowest BCUT2D eigenvalue weighted by atomic mass is 10.2. The summed E-state index contributed by atoms with van der Waals surface area (Å²) in [7, 11) is 2.83. The molecular formula is C16H16N6O5. The lowest BCUT2D eigenvalue weighted by Gasteiger charge is -2.06. The summed E-state index contributed by atoms with van der Waals surface area (Å²) in [5.74, 6) is -1.10. The summed E-state index contributed by atoms with van der Waals surface area (Å²) in [6.07, 6.45) is 2.58. The summed E-state index contributed by atoms with van der Waals surface area (Å²) < 4.78 is 3.49. The number of aromatic hydroxyl groups is 2. The van der Waals surface area contributed by atoms with Gasteiger partial charge in [-0.05, 0) is 23.8 Å². The maximum atomic E-state index is 12.3. The minimum atomic E-state index is -0.554. The Hall–Kier alpha value is -3.89. The van der Waals surface area contributed by atoms with Crippen molar-refractivity contribution >= 4 is 23.3 Å². The number of carbonyl (C=O) groups is 1. The molecule has 0 bridgehead atoms. The number of hydrazone groups is 1. The van der Waals surface area contributed by atoms with Crippen molar-refractivity contribution in [1.82, 2.24) is 24.1 Å². The first kappa shape index (κ1) is 17.9. The minimum absolute atomic E-state index is 0.127. The molecule has 11 heteroatoms. The summed E-state index contributed by atoms with van der Waals surface area (Å²) in [6.45, 7) is -0.234. The molecule has 0 aliphatic rings. The van der Waals surface area contributed by atoms with Crippen LogP contribution in [0.3, 0.4) is 0 Å². The van der Waals surface area contributed by atoms with E-state index in [9.17, 15) is 24.6 Å². The van der Waals surface area contributed by atoms with Crippen LogP contribution in [0.4, 0.5) is 0 Å². The molecule has 11 nitrogen and oxygen atoms in total. The maximum absolute atomic E-state index is 12.3. The van der Waals surface area contributed by atoms with Gasteiger partial charge >= 0.3 is 5.69 Å². The second-order valence-electron chi connectivity index (χ2n) is 5.79. The lowest BCUT2D eigenvalue weighted by molar-refractivity contribution is -0.121. The van der Waals surface area contributed by atoms with Crippen molar-refractivity contribution in [2.45, 2.75) is 6.54 Å². The van der Waals surface area contributed by atoms with E-state index < -0.39 is 17.2 Å². The summed E-state index contributed by atoms with van der Waals surface area (Å²) in [6, 6.07) is 4.06. The molecule has 3 rings (SSSR count). The molecule has 0 unspecified atom stereocenters. The first-order valence-corrected chi connectivity index (χ1v) is 7.74. The fraction of sp³-hybridized carbons (Fsp3) is 0.188. The van der Waals surface area contributed by atoms with Gasteiger partial charge in [-0.15, -0.1) is 0 Å². The third-order valence-electron chi connectivity index (χ3n) is 3.93. The number of carbonyl (C=O) groups excluding carboxylic acids is 1. The third-order valence-corrected chi connectivity index (χ3v) is 3.93. The summed E-state index contributed by atoms with van der Waals surface area (Å²) >= 11 is 0. The van der Waals surface area contributed by atoms with Crippen LogP contribution in [0.15, 0.2) is 39.2 Å². The molecule has 140 valence electrons. The van der Waals surface area contributed by atoms with Gasteiger partial charge in [0.05, 0.1) is 12.5 Å². The SMILES string of the molecule is Cn1c(=O)c2c(ncn2CC(=O)NN=Cc2ccc(O)c(O)c2)n(C)c1=O. The van der Waals surface area contributed by atoms with Gasteiger partial charge in [0.1, 0.15) is 6.54 Å². The van der Waals surface area contributed by atoms with Crippen LogP contribution in [0.2, 0.25) is 0 Å². The molecule has 0 saturated heterocycles. The summed E-state index contributed by atoms with van der Waals surface area (Å²) in [5.41, 5.74) is 1.99. The highest BCUT2D eigenvalue weighted by Crippen LogP contribution is 2.23. The Morgan fingerprint density at radius 3 is 2.67 bits per heavy atom. The van der Waals surface area contributed by atoms with Crippen LogP contribution in [0.25, 0.3) is 11.2 Å². The normalized spacial score (nSPS) is 11.3. The summed E-state index contributed by atoms with van der Waals surface area (Å²) in [5, 5.41) is 22.4. The number of hydrogen-bond donors (Lipinski definition) is 3. The second kappa shape index (κ2) is 6.78. The lowest BCUT2D eigenvalue weighted by Crippen LogP contribution is -2.38. The molecular weight excluding hydrogens is 356 g/mol. The molecule has 0 atom stereocenters. The number of rotatable bonds is 4. The minimum Gasteiger partial charge on any atom is -0.504 e. The second-order valence-corrected chi connectivity index (χ2v) is 5.79. The van der Waals surface area contributed by atoms with Crippen LogP contribution in [0, 0.1) is 0 Å². The van der Waals surface area contributed by atoms with Crippen LogP contribution in [0.5, 0.6) is 11.5 Å². The molecule has 27 heavy (non-hydrogen) atoms. The van der Waals surface area contributed by atoms with Gasteiger partial charge in [-0.1, -0.05) is 0 Å². The van der Waals surface area contributed by atoms with Crippen LogP contribution in [0.1, 0.15) is 5.56 Å². The Morgan fingerprint density at radius 1 is 1.22 bits per heavy atom. The number of phenolic OH excluding ortho intramolecular Hbond substituents is 2. The average Bonchev–Trinajstić information content (AvgIpc) is 3.04. The van der Waals surface area contributed by atoms with Gasteiger partial charge in [0.25, 0.3) is 11.5 Å². The van der Waals surface area contributed by atoms with Gasteiger partial charge in [0, 0.05) is 14.1 Å². The van der Waals surface area contributed by atoms with Crippen molar-refractivity contribution in [2.24, 2.45) is 19.2 Å². The number of imidazole rings is 1. The van der Waals surface area contributed by atoms with Crippen LogP contribution in [-0.2, 0) is 25.4 Å². The monoisotopic (exact) mass is 372 g/mol. The number of aryl methyl sites for hydroxylation is 1. The Bertz CT molecular complexity index is 1190. The standard InChI is InChI=1S/C16H16N6O5/c1-20-14-13(15(26)21(2)16(20)27)22(8-17-14)7-12(25)19-18-6-9-3-4-10(23)11(24)5-9/h3-6,8,23-24H,7H2,1-2H3,(H,19,25). The van der Waals surface area contributed by atoms with E-state index in [0.29, 0.717) is 5.56 Å². The number of phenols is 2. The molecule has 2 aromatic heterocycles. The quantitative estimate of drug-likeness (QED) is 0.304. The van der Waals surface area contributed by atoms with Gasteiger partial charge in [0.15, 0.2) is 22.7 Å². The smallest absolute Gasteiger partial charge is 0.332 e. The van der Waals surface area contributed by atoms with E-state index in [1.54, 1.807) is 0 Å². The van der Waals surface area contributed by atoms with Crippen molar-refractivity contribution in [3.8, 4) is 11.5 Å². The molecule has 3 N–H and O–H groups in total. The largest absolute Gasteiger partial charge is 0.504 e. The number of amides is 1. The molecule has 0 spiro atoms. The van der Waals surface area contributed by atoms with Crippen molar-refractivity contribution in [3.05, 3.63) is 50.9 Å². The van der Waals surface area contributed by atoms with E-state index in [4.69, 9.17) is 0 Å². The zero-order valence-corrected chi connectivity index (χ0v) is 14.4. The third kappa shape index (κ3) is 3.29. The van der Waals surface area contributed by atoms with E-state index in [1.807, 2.05) is 0 Å². The maximum Gasteiger partial charge on any atom is 0.332 e. The Morgan fingerprint density at radius 2 is 1.96 bits per heavy atom. The van der Waals surface area contributed by atoms with Gasteiger partial charge < -0.3 is 14.8 Å². The van der Waals surface area contributed by atoms with Crippen molar-refractivity contribution in [1.29, 1.82) is 0 Å². The fourth-order valence-electron chi connectivity index (χ4n) is 2.51. The summed E-state index contributed by atoms with van der Waals surface area (Å²) in [4.78, 5) is 40.3. The fourth-order valence-corrected chi connectivity index (χ4v) is 2.51. The van der Waals surface area contributed by atoms with E-state index in [2.05, 4.69) is 15.5 Å². The van der Waals surface area contributed by atoms with Crippen molar-refractivity contribution in [2.75, 3.05) is 0 Å². The first-order valence-electron chi connectivity index (χ1n) is 7.74. The number of hydrogen-bond acceptors (Lipinski definition) is 7. The highest BCUT2D eigenvalue weighted by molar-refractivity contribution is 5.83. The molecule has 2 heterocycles. The highest BCUT2D eigenvalue weighted by Gasteiger charge is 2.15. The molecule has 0 radical (unpaired) electrons. The Labute approximate surface area is 151 Å². The van der Waals surface area contributed by atoms with Gasteiger partial charge in [-0.3, -0.25) is 18.7 Å². The van der Waals surface area contributed by atoms with Crippen molar-refractivity contribution in [3.63, 3.8) is 0 Å². The van der Waals surface area contributed by atoms with Crippen LogP contribution >= 0.6 is 0 Å². The topological polar surface area (TPSA) is 144 Å². The Balaban J connectivity index is 1.78. The average molecular weight is 372 g/mol. The van der Waals surface area contributed by atoms with E-state index in [-0.39, 0.29) is 29.2 Å². The number of nitrogens with zero attached hydrogens (tertiary/aromatic N) is 5. The van der Waals surface area contributed by atoms with Gasteiger partial charge in [0.2, 0.25) is 0 Å². The molecule has 0 aliphatic carbocycles. The predicted octanol–water partition coefficient (Wildman–Crippen LogP) is -1.00. The molecule has 0 saturated carbocycles. The number of nitrogens with one attached hydrogen (secondary N) is 1. The van der Waals surface area contributed by atoms with Gasteiger partial charge in [-0.25, -0.2) is 15.2 Å².